The summed E-state index contributed by atoms with van der Waals surface area (Å²) in [5.74, 6) is 0.890. The van der Waals surface area contributed by atoms with Crippen molar-refractivity contribution in [3.8, 4) is 11.1 Å². The van der Waals surface area contributed by atoms with Gasteiger partial charge >= 0.3 is 0 Å². The van der Waals surface area contributed by atoms with Crippen LogP contribution in [0.3, 0.4) is 0 Å². The molecule has 12 rings (SSSR count). The van der Waals surface area contributed by atoms with Crippen LogP contribution >= 0.6 is 0 Å². The van der Waals surface area contributed by atoms with E-state index in [0.29, 0.717) is 0 Å². The van der Waals surface area contributed by atoms with Gasteiger partial charge in [-0.3, -0.25) is 9.89 Å². The van der Waals surface area contributed by atoms with Crippen LogP contribution in [0, 0.1) is 0 Å². The smallest absolute Gasteiger partial charge is 0.141 e. The van der Waals surface area contributed by atoms with E-state index in [9.17, 15) is 0 Å². The number of hydrogen-bond donors (Lipinski definition) is 0. The molecule has 0 fully saturated rings. The monoisotopic (exact) mass is 811 g/mol. The van der Waals surface area contributed by atoms with Gasteiger partial charge < -0.3 is 4.90 Å². The Hall–Kier alpha value is -7.63. The first kappa shape index (κ1) is 37.2. The Labute approximate surface area is 368 Å². The van der Waals surface area contributed by atoms with E-state index >= 15 is 0 Å². The molecular formula is C58H45N5. The van der Waals surface area contributed by atoms with E-state index in [4.69, 9.17) is 15.0 Å². The van der Waals surface area contributed by atoms with E-state index in [2.05, 4.69) is 232 Å². The number of amidine groups is 1. The predicted octanol–water partition coefficient (Wildman–Crippen LogP) is 13.9. The number of benzene rings is 8. The average Bonchev–Trinajstić information content (AvgIpc) is 3.62. The molecule has 9 aromatic rings. The summed E-state index contributed by atoms with van der Waals surface area (Å²) in [4.78, 5) is 20.0. The molecule has 5 heteroatoms. The number of para-hydroxylation sites is 1. The Morgan fingerprint density at radius 1 is 0.460 bits per heavy atom. The molecule has 0 bridgehead atoms. The van der Waals surface area contributed by atoms with Gasteiger partial charge in [-0.2, -0.15) is 0 Å². The molecule has 0 amide bonds. The number of fused-ring (bicyclic) bond motifs is 6. The van der Waals surface area contributed by atoms with Gasteiger partial charge in [-0.1, -0.05) is 140 Å². The van der Waals surface area contributed by atoms with E-state index in [1.54, 1.807) is 6.33 Å². The van der Waals surface area contributed by atoms with Gasteiger partial charge in [0.1, 0.15) is 17.7 Å². The molecule has 0 spiro atoms. The summed E-state index contributed by atoms with van der Waals surface area (Å²) < 4.78 is 0. The molecule has 0 N–H and O–H groups in total. The molecule has 0 atom stereocenters. The fraction of sp³-hybridized carbons (Fsp3) is 0.121. The molecule has 0 unspecified atom stereocenters. The maximum absolute atomic E-state index is 5.50. The molecule has 0 saturated carbocycles. The van der Waals surface area contributed by atoms with Crippen molar-refractivity contribution >= 4 is 45.0 Å². The minimum absolute atomic E-state index is 0.307. The van der Waals surface area contributed by atoms with Crippen LogP contribution in [0.5, 0.6) is 0 Å². The van der Waals surface area contributed by atoms with Crippen molar-refractivity contribution < 1.29 is 0 Å². The lowest BCUT2D eigenvalue weighted by molar-refractivity contribution is 0.516. The van der Waals surface area contributed by atoms with Crippen molar-refractivity contribution in [3.05, 3.63) is 245 Å². The summed E-state index contributed by atoms with van der Waals surface area (Å²) in [6.07, 6.45) is 1.71. The second-order valence-corrected chi connectivity index (χ2v) is 18.1. The van der Waals surface area contributed by atoms with Crippen LogP contribution in [0.2, 0.25) is 0 Å². The van der Waals surface area contributed by atoms with Crippen molar-refractivity contribution in [3.63, 3.8) is 0 Å². The van der Waals surface area contributed by atoms with Gasteiger partial charge in [-0.05, 0) is 132 Å². The lowest BCUT2D eigenvalue weighted by Crippen LogP contribution is -2.44. The Morgan fingerprint density at radius 2 is 1.03 bits per heavy atom. The van der Waals surface area contributed by atoms with E-state index in [1.807, 2.05) is 0 Å². The summed E-state index contributed by atoms with van der Waals surface area (Å²) in [5, 5.41) is 2.40. The topological polar surface area (TPSA) is 44.6 Å². The van der Waals surface area contributed by atoms with Gasteiger partial charge in [0.2, 0.25) is 0 Å². The van der Waals surface area contributed by atoms with Crippen molar-refractivity contribution in [1.29, 1.82) is 0 Å². The molecular weight excluding hydrogens is 767 g/mol. The van der Waals surface area contributed by atoms with E-state index in [1.165, 1.54) is 49.7 Å². The van der Waals surface area contributed by atoms with Crippen molar-refractivity contribution in [2.75, 3.05) is 9.80 Å². The van der Waals surface area contributed by atoms with Crippen LogP contribution in [0.1, 0.15) is 72.5 Å². The minimum Gasteiger partial charge on any atom is -0.310 e. The fourth-order valence-electron chi connectivity index (χ4n) is 10.8. The van der Waals surface area contributed by atoms with Crippen molar-refractivity contribution in [1.82, 2.24) is 9.97 Å². The normalized spacial score (nSPS) is 15.7. The van der Waals surface area contributed by atoms with Crippen LogP contribution < -0.4 is 9.80 Å². The summed E-state index contributed by atoms with van der Waals surface area (Å²) in [6.45, 7) is 8.85. The summed E-state index contributed by atoms with van der Waals surface area (Å²) in [5.41, 5.74) is 15.8. The van der Waals surface area contributed by atoms with Gasteiger partial charge in [0.25, 0.3) is 0 Å². The number of aliphatic imine (C=N–C) groups is 1. The molecule has 5 nitrogen and oxygen atoms in total. The number of hydrogen-bond acceptors (Lipinski definition) is 5. The quantitative estimate of drug-likeness (QED) is 0.168. The van der Waals surface area contributed by atoms with Gasteiger partial charge in [0.05, 0.1) is 28.2 Å². The Bertz CT molecular complexity index is 3260. The van der Waals surface area contributed by atoms with Crippen LogP contribution in [-0.2, 0) is 16.4 Å². The number of anilines is 5. The third kappa shape index (κ3) is 5.39. The maximum Gasteiger partial charge on any atom is 0.141 e. The summed E-state index contributed by atoms with van der Waals surface area (Å²) in [7, 11) is 0. The predicted molar refractivity (Wildman–Crippen MR) is 258 cm³/mol. The Kier molecular flexibility index (Phi) is 8.07. The number of rotatable bonds is 6. The second-order valence-electron chi connectivity index (χ2n) is 18.1. The van der Waals surface area contributed by atoms with Crippen LogP contribution in [0.4, 0.5) is 28.4 Å². The highest BCUT2D eigenvalue weighted by atomic mass is 15.3. The van der Waals surface area contributed by atoms with Gasteiger partial charge in [-0.25, -0.2) is 9.97 Å². The number of nitrogens with zero attached hydrogens (tertiary/aromatic N) is 5. The SMILES string of the molecule is CC1(C)N=C(c2ccc(N(c3ccc4c(c3)C(c3ccccc3)(c3ccccc3)c3ccccc3-4)c3ccc4ccccc4c3)cc2)N2c3ccccc3C(C)(C)c3ncnc1c32. The summed E-state index contributed by atoms with van der Waals surface area (Å²) >= 11 is 0. The molecule has 0 saturated heterocycles. The third-order valence-corrected chi connectivity index (χ3v) is 13.7. The molecule has 0 radical (unpaired) electrons. The Morgan fingerprint density at radius 3 is 1.78 bits per heavy atom. The lowest BCUT2D eigenvalue weighted by Gasteiger charge is -2.46. The molecule has 1 aromatic heterocycles. The largest absolute Gasteiger partial charge is 0.310 e. The number of aromatic nitrogens is 2. The van der Waals surface area contributed by atoms with Crippen molar-refractivity contribution in [2.45, 2.75) is 44.1 Å². The minimum atomic E-state index is -0.566. The first-order valence-electron chi connectivity index (χ1n) is 21.9. The molecule has 2 aliphatic heterocycles. The zero-order valence-corrected chi connectivity index (χ0v) is 35.8. The van der Waals surface area contributed by atoms with E-state index in [-0.39, 0.29) is 5.41 Å². The fourth-order valence-corrected chi connectivity index (χ4v) is 10.8. The zero-order valence-electron chi connectivity index (χ0n) is 35.8. The maximum atomic E-state index is 5.50. The van der Waals surface area contributed by atoms with Crippen LogP contribution in [0.15, 0.2) is 205 Å². The lowest BCUT2D eigenvalue weighted by atomic mass is 9.67. The molecule has 3 aliphatic rings. The highest BCUT2D eigenvalue weighted by Gasteiger charge is 2.48. The highest BCUT2D eigenvalue weighted by Crippen LogP contribution is 2.58. The van der Waals surface area contributed by atoms with Crippen molar-refractivity contribution in [2.24, 2.45) is 4.99 Å². The third-order valence-electron chi connectivity index (χ3n) is 13.7. The highest BCUT2D eigenvalue weighted by molar-refractivity contribution is 6.17. The standard InChI is InChI=1S/C58H45N5/c1-56(2)49-25-15-16-26-51(49)63-52-53(56)59-37-60-54(52)57(3,4)61-55(63)39-28-30-43(31-29-39)62(44-32-27-38-17-11-12-18-40(38)35-44)45-33-34-47-46-23-13-14-24-48(46)58(50(47)36-45,41-19-7-5-8-20-41)42-21-9-6-10-22-42/h5-37H,1-4H3. The molecule has 1 aliphatic carbocycles. The first-order valence-corrected chi connectivity index (χ1v) is 21.9. The Balaban J connectivity index is 1.05. The first-order chi connectivity index (χ1) is 30.7. The molecule has 8 aromatic carbocycles. The molecule has 3 heterocycles. The average molecular weight is 812 g/mol. The van der Waals surface area contributed by atoms with Crippen LogP contribution in [0.25, 0.3) is 21.9 Å². The second kappa shape index (κ2) is 13.7. The zero-order chi connectivity index (χ0) is 42.5. The van der Waals surface area contributed by atoms with Gasteiger partial charge in [0.15, 0.2) is 0 Å². The summed E-state index contributed by atoms with van der Waals surface area (Å²) in [6, 6.07) is 71.1. The molecule has 63 heavy (non-hydrogen) atoms. The van der Waals surface area contributed by atoms with E-state index in [0.717, 1.165) is 51.2 Å². The molecule has 302 valence electrons. The van der Waals surface area contributed by atoms with E-state index < -0.39 is 11.0 Å². The van der Waals surface area contributed by atoms with Gasteiger partial charge in [0, 0.05) is 28.0 Å². The van der Waals surface area contributed by atoms with Gasteiger partial charge in [-0.15, -0.1) is 0 Å². The van der Waals surface area contributed by atoms with Crippen LogP contribution in [-0.4, -0.2) is 15.8 Å².